The van der Waals surface area contributed by atoms with E-state index in [0.717, 1.165) is 18.2 Å². The number of sulfonamides is 1. The number of benzene rings is 1. The van der Waals surface area contributed by atoms with E-state index in [0.29, 0.717) is 5.46 Å². The molecule has 1 aromatic carbocycles. The normalized spacial score (nSPS) is 17.8. The van der Waals surface area contributed by atoms with Crippen LogP contribution in [0.4, 0.5) is 10.1 Å². The van der Waals surface area contributed by atoms with Gasteiger partial charge in [0.2, 0.25) is 5.88 Å². The van der Waals surface area contributed by atoms with Crippen molar-refractivity contribution in [3.8, 4) is 5.88 Å². The largest absolute Gasteiger partial charge is 0.496 e. The third-order valence-corrected chi connectivity index (χ3v) is 6.95. The van der Waals surface area contributed by atoms with Crippen LogP contribution in [-0.4, -0.2) is 38.3 Å². The second-order valence-electron chi connectivity index (χ2n) is 7.82. The van der Waals surface area contributed by atoms with Crippen molar-refractivity contribution in [2.24, 2.45) is 0 Å². The number of nitrogens with one attached hydrogen (secondary N) is 1. The molecule has 0 saturated carbocycles. The van der Waals surface area contributed by atoms with Gasteiger partial charge in [-0.15, -0.1) is 0 Å². The zero-order valence-electron chi connectivity index (χ0n) is 17.3. The zero-order chi connectivity index (χ0) is 22.3. The number of anilines is 1. The Morgan fingerprint density at radius 3 is 2.40 bits per heavy atom. The summed E-state index contributed by atoms with van der Waals surface area (Å²) in [7, 11) is -4.88. The van der Waals surface area contributed by atoms with Crippen molar-refractivity contribution >= 4 is 39.9 Å². The van der Waals surface area contributed by atoms with Crippen LogP contribution in [0.25, 0.3) is 0 Å². The average molecular weight is 457 g/mol. The van der Waals surface area contributed by atoms with Crippen molar-refractivity contribution in [1.82, 2.24) is 4.98 Å². The first kappa shape index (κ1) is 22.8. The predicted octanol–water partition coefficient (Wildman–Crippen LogP) is 3.37. The summed E-state index contributed by atoms with van der Waals surface area (Å²) in [5, 5.41) is -0.240. The number of hydrogen-bond acceptors (Lipinski definition) is 6. The fourth-order valence-electron chi connectivity index (χ4n) is 2.79. The molecule has 162 valence electrons. The molecule has 1 N–H and O–H groups in total. The van der Waals surface area contributed by atoms with Crippen LogP contribution >= 0.6 is 11.6 Å². The summed E-state index contributed by atoms with van der Waals surface area (Å²) in [6, 6.07) is 4.57. The number of rotatable bonds is 6. The minimum absolute atomic E-state index is 0.0829. The van der Waals surface area contributed by atoms with Gasteiger partial charge in [-0.1, -0.05) is 11.6 Å². The molecule has 0 bridgehead atoms. The van der Waals surface area contributed by atoms with Crippen LogP contribution in [0.15, 0.2) is 35.4 Å². The molecule has 1 aliphatic heterocycles. The summed E-state index contributed by atoms with van der Waals surface area (Å²) < 4.78 is 58.9. The van der Waals surface area contributed by atoms with Crippen LogP contribution < -0.4 is 14.9 Å². The Morgan fingerprint density at radius 2 is 1.83 bits per heavy atom. The Labute approximate surface area is 181 Å². The first-order valence-electron chi connectivity index (χ1n) is 9.32. The molecule has 1 aromatic heterocycles. The third-order valence-electron chi connectivity index (χ3n) is 5.11. The van der Waals surface area contributed by atoms with Gasteiger partial charge in [-0.2, -0.15) is 0 Å². The second kappa shape index (κ2) is 7.99. The van der Waals surface area contributed by atoms with Crippen LogP contribution in [0.5, 0.6) is 5.88 Å². The summed E-state index contributed by atoms with van der Waals surface area (Å²) in [5.74, 6) is -0.557. The number of pyridine rings is 1. The number of halogens is 2. The van der Waals surface area contributed by atoms with Gasteiger partial charge in [0, 0.05) is 11.7 Å². The monoisotopic (exact) mass is 456 g/mol. The van der Waals surface area contributed by atoms with E-state index in [1.165, 1.54) is 12.3 Å². The number of ether oxygens (including phenoxy) is 1. The molecule has 0 unspecified atom stereocenters. The number of nitrogens with zero attached hydrogens (tertiary/aromatic N) is 1. The SMILES string of the molecule is CCOc1ncc(B2OC(C)(C)C(C)(C)O2)cc1NS(=O)(=O)c1ccc(F)cc1Cl. The summed E-state index contributed by atoms with van der Waals surface area (Å²) in [4.78, 5) is 3.95. The van der Waals surface area contributed by atoms with E-state index in [1.807, 2.05) is 27.7 Å². The second-order valence-corrected chi connectivity index (χ2v) is 9.88. The Morgan fingerprint density at radius 1 is 1.20 bits per heavy atom. The van der Waals surface area contributed by atoms with Crippen LogP contribution in [0, 0.1) is 5.82 Å². The Kier molecular flexibility index (Phi) is 6.08. The van der Waals surface area contributed by atoms with Crippen LogP contribution in [0.2, 0.25) is 5.02 Å². The fourth-order valence-corrected chi connectivity index (χ4v) is 4.37. The molecule has 30 heavy (non-hydrogen) atoms. The van der Waals surface area contributed by atoms with Crippen LogP contribution in [-0.2, 0) is 19.3 Å². The summed E-state index contributed by atoms with van der Waals surface area (Å²) in [6.07, 6.45) is 1.51. The lowest BCUT2D eigenvalue weighted by molar-refractivity contribution is 0.00578. The highest BCUT2D eigenvalue weighted by atomic mass is 35.5. The van der Waals surface area contributed by atoms with Gasteiger partial charge >= 0.3 is 7.12 Å². The molecular formula is C19H23BClFN2O5S. The van der Waals surface area contributed by atoms with Gasteiger partial charge in [0.05, 0.1) is 22.8 Å². The highest BCUT2D eigenvalue weighted by Gasteiger charge is 2.52. The Balaban J connectivity index is 1.98. The molecule has 0 radical (unpaired) electrons. The molecule has 1 fully saturated rings. The molecule has 2 aromatic rings. The van der Waals surface area contributed by atoms with E-state index in [-0.39, 0.29) is 28.1 Å². The fraction of sp³-hybridized carbons (Fsp3) is 0.421. The van der Waals surface area contributed by atoms with Gasteiger partial charge in [0.15, 0.2) is 0 Å². The summed E-state index contributed by atoms with van der Waals surface area (Å²) >= 11 is 5.93. The summed E-state index contributed by atoms with van der Waals surface area (Å²) in [6.45, 7) is 9.67. The molecular weight excluding hydrogens is 434 g/mol. The van der Waals surface area contributed by atoms with Crippen molar-refractivity contribution in [3.05, 3.63) is 41.3 Å². The van der Waals surface area contributed by atoms with Gasteiger partial charge in [-0.25, -0.2) is 17.8 Å². The van der Waals surface area contributed by atoms with Gasteiger partial charge < -0.3 is 14.0 Å². The van der Waals surface area contributed by atoms with E-state index in [4.69, 9.17) is 25.6 Å². The van der Waals surface area contributed by atoms with E-state index < -0.39 is 34.2 Å². The molecule has 0 atom stereocenters. The van der Waals surface area contributed by atoms with Gasteiger partial charge in [-0.3, -0.25) is 4.72 Å². The molecule has 3 rings (SSSR count). The van der Waals surface area contributed by atoms with Gasteiger partial charge in [0.25, 0.3) is 10.0 Å². The highest BCUT2D eigenvalue weighted by Crippen LogP contribution is 2.37. The maximum Gasteiger partial charge on any atom is 0.496 e. The predicted molar refractivity (Wildman–Crippen MR) is 113 cm³/mol. The van der Waals surface area contributed by atoms with Gasteiger partial charge in [-0.05, 0) is 58.9 Å². The lowest BCUT2D eigenvalue weighted by atomic mass is 9.80. The first-order chi connectivity index (χ1) is 13.9. The minimum Gasteiger partial charge on any atom is -0.476 e. The number of hydrogen-bond donors (Lipinski definition) is 1. The van der Waals surface area contributed by atoms with Crippen molar-refractivity contribution in [2.45, 2.75) is 50.7 Å². The van der Waals surface area contributed by atoms with Crippen LogP contribution in [0.3, 0.4) is 0 Å². The Hall–Kier alpha value is -1.88. The number of aromatic nitrogens is 1. The Bertz CT molecular complexity index is 1050. The lowest BCUT2D eigenvalue weighted by Crippen LogP contribution is -2.41. The lowest BCUT2D eigenvalue weighted by Gasteiger charge is -2.32. The van der Waals surface area contributed by atoms with Crippen molar-refractivity contribution in [1.29, 1.82) is 0 Å². The quantitative estimate of drug-likeness (QED) is 0.671. The maximum atomic E-state index is 13.3. The first-order valence-corrected chi connectivity index (χ1v) is 11.2. The van der Waals surface area contributed by atoms with Gasteiger partial charge in [0.1, 0.15) is 16.4 Å². The van der Waals surface area contributed by atoms with Crippen LogP contribution in [0.1, 0.15) is 34.6 Å². The molecule has 7 nitrogen and oxygen atoms in total. The van der Waals surface area contributed by atoms with E-state index in [2.05, 4.69) is 9.71 Å². The molecule has 0 aliphatic carbocycles. The smallest absolute Gasteiger partial charge is 0.476 e. The molecule has 11 heteroatoms. The maximum absolute atomic E-state index is 13.3. The molecule has 2 heterocycles. The standard InChI is InChI=1S/C19H23BClFN2O5S/c1-6-27-17-15(24-30(25,26)16-8-7-13(22)10-14(16)21)9-12(11-23-17)20-28-18(2,3)19(4,5)29-20/h7-11,24H,6H2,1-5H3. The molecule has 0 amide bonds. The highest BCUT2D eigenvalue weighted by molar-refractivity contribution is 7.92. The molecule has 0 spiro atoms. The van der Waals surface area contributed by atoms with E-state index in [1.54, 1.807) is 6.92 Å². The van der Waals surface area contributed by atoms with Crippen molar-refractivity contribution in [2.75, 3.05) is 11.3 Å². The summed E-state index contributed by atoms with van der Waals surface area (Å²) in [5.41, 5.74) is -0.542. The molecule has 1 aliphatic rings. The average Bonchev–Trinajstić information content (AvgIpc) is 2.83. The van der Waals surface area contributed by atoms with Crippen molar-refractivity contribution < 1.29 is 26.9 Å². The van der Waals surface area contributed by atoms with Crippen molar-refractivity contribution in [3.63, 3.8) is 0 Å². The van der Waals surface area contributed by atoms with E-state index in [9.17, 15) is 12.8 Å². The topological polar surface area (TPSA) is 86.8 Å². The van der Waals surface area contributed by atoms with E-state index >= 15 is 0 Å². The molecule has 1 saturated heterocycles. The minimum atomic E-state index is -4.14. The third kappa shape index (κ3) is 4.41. The zero-order valence-corrected chi connectivity index (χ0v) is 18.9.